The Morgan fingerprint density at radius 1 is 0.958 bits per heavy atom. The number of hydrogen-bond acceptors (Lipinski definition) is 3. The Bertz CT molecular complexity index is 757. The minimum absolute atomic E-state index is 0.165. The summed E-state index contributed by atoms with van der Waals surface area (Å²) in [6, 6.07) is 16.1. The van der Waals surface area contributed by atoms with Gasteiger partial charge in [0.1, 0.15) is 6.61 Å². The highest BCUT2D eigenvalue weighted by Crippen LogP contribution is 2.34. The quantitative estimate of drug-likeness (QED) is 0.807. The fourth-order valence-electron chi connectivity index (χ4n) is 3.59. The van der Waals surface area contributed by atoms with Gasteiger partial charge in [-0.05, 0) is 31.0 Å². The average Bonchev–Trinajstić information content (AvgIpc) is 2.62. The molecule has 1 amide bonds. The number of nitrogens with zero attached hydrogens (tertiary/aromatic N) is 2. The van der Waals surface area contributed by atoms with E-state index in [4.69, 9.17) is 16.3 Å². The molecule has 24 heavy (non-hydrogen) atoms. The summed E-state index contributed by atoms with van der Waals surface area (Å²) >= 11 is 6.31. The van der Waals surface area contributed by atoms with Gasteiger partial charge in [-0.2, -0.15) is 0 Å². The van der Waals surface area contributed by atoms with E-state index in [1.165, 1.54) is 0 Å². The summed E-state index contributed by atoms with van der Waals surface area (Å²) in [6.07, 6.45) is 1.56. The Balaban J connectivity index is 1.52. The number of rotatable bonds is 2. The molecule has 2 aliphatic rings. The van der Waals surface area contributed by atoms with E-state index in [0.29, 0.717) is 6.61 Å². The molecule has 2 aromatic rings. The third kappa shape index (κ3) is 2.71. The molecule has 4 rings (SSSR count). The second kappa shape index (κ2) is 6.36. The minimum atomic E-state index is -0.232. The van der Waals surface area contributed by atoms with Crippen molar-refractivity contribution in [1.82, 2.24) is 0 Å². The first kappa shape index (κ1) is 15.3. The third-order valence-corrected chi connectivity index (χ3v) is 5.14. The van der Waals surface area contributed by atoms with Crippen LogP contribution in [0.2, 0.25) is 5.02 Å². The number of benzene rings is 2. The molecule has 0 N–H and O–H groups in total. The number of para-hydroxylation sites is 2. The van der Waals surface area contributed by atoms with E-state index in [-0.39, 0.29) is 12.1 Å². The zero-order chi connectivity index (χ0) is 16.5. The minimum Gasteiger partial charge on any atom is -0.444 e. The summed E-state index contributed by atoms with van der Waals surface area (Å²) in [6.45, 7) is 2.12. The van der Waals surface area contributed by atoms with Crippen molar-refractivity contribution < 1.29 is 9.53 Å². The van der Waals surface area contributed by atoms with E-state index in [2.05, 4.69) is 4.90 Å². The third-order valence-electron chi connectivity index (χ3n) is 4.82. The Labute approximate surface area is 146 Å². The molecule has 0 spiro atoms. The summed E-state index contributed by atoms with van der Waals surface area (Å²) in [4.78, 5) is 16.5. The maximum atomic E-state index is 12.3. The Morgan fingerprint density at radius 2 is 1.62 bits per heavy atom. The van der Waals surface area contributed by atoms with Gasteiger partial charge < -0.3 is 9.64 Å². The molecule has 1 fully saturated rings. The van der Waals surface area contributed by atoms with Gasteiger partial charge in [0, 0.05) is 24.7 Å². The van der Waals surface area contributed by atoms with Crippen molar-refractivity contribution in [1.29, 1.82) is 0 Å². The van der Waals surface area contributed by atoms with Crippen LogP contribution in [0.3, 0.4) is 0 Å². The van der Waals surface area contributed by atoms with Crippen LogP contribution in [0.5, 0.6) is 0 Å². The lowest BCUT2D eigenvalue weighted by Gasteiger charge is -2.41. The van der Waals surface area contributed by atoms with Gasteiger partial charge in [-0.3, -0.25) is 4.90 Å². The highest BCUT2D eigenvalue weighted by molar-refractivity contribution is 6.33. The van der Waals surface area contributed by atoms with Gasteiger partial charge in [0.15, 0.2) is 0 Å². The molecule has 2 aliphatic heterocycles. The molecule has 0 aromatic heterocycles. The number of anilines is 2. The van der Waals surface area contributed by atoms with E-state index in [0.717, 1.165) is 47.9 Å². The van der Waals surface area contributed by atoms with Gasteiger partial charge in [-0.15, -0.1) is 0 Å². The van der Waals surface area contributed by atoms with Crippen LogP contribution in [-0.2, 0) is 11.3 Å². The fraction of sp³-hybridized carbons (Fsp3) is 0.316. The van der Waals surface area contributed by atoms with E-state index in [9.17, 15) is 4.79 Å². The highest BCUT2D eigenvalue weighted by atomic mass is 35.5. The lowest BCUT2D eigenvalue weighted by atomic mass is 10.0. The number of hydrogen-bond donors (Lipinski definition) is 0. The van der Waals surface area contributed by atoms with Gasteiger partial charge in [0.05, 0.1) is 16.4 Å². The second-order valence-corrected chi connectivity index (χ2v) is 6.63. The first-order valence-corrected chi connectivity index (χ1v) is 8.65. The first-order chi connectivity index (χ1) is 11.7. The van der Waals surface area contributed by atoms with E-state index < -0.39 is 0 Å². The van der Waals surface area contributed by atoms with E-state index in [1.54, 1.807) is 0 Å². The van der Waals surface area contributed by atoms with Crippen LogP contribution in [0, 0.1) is 0 Å². The summed E-state index contributed by atoms with van der Waals surface area (Å²) in [5, 5.41) is 0.777. The number of carbonyl (C=O) groups excluding carboxylic acids is 1. The Morgan fingerprint density at radius 3 is 2.38 bits per heavy atom. The Kier molecular flexibility index (Phi) is 4.07. The van der Waals surface area contributed by atoms with Gasteiger partial charge in [-0.25, -0.2) is 4.79 Å². The zero-order valence-corrected chi connectivity index (χ0v) is 14.1. The van der Waals surface area contributed by atoms with Crippen LogP contribution < -0.4 is 9.80 Å². The van der Waals surface area contributed by atoms with Gasteiger partial charge in [-0.1, -0.05) is 41.9 Å². The molecule has 0 unspecified atom stereocenters. The number of fused-ring (bicyclic) bond motifs is 1. The number of halogens is 1. The smallest absolute Gasteiger partial charge is 0.414 e. The van der Waals surface area contributed by atoms with Crippen molar-refractivity contribution in [2.24, 2.45) is 0 Å². The van der Waals surface area contributed by atoms with Gasteiger partial charge >= 0.3 is 6.09 Å². The molecule has 0 atom stereocenters. The molecule has 4 nitrogen and oxygen atoms in total. The standard InChI is InChI=1S/C19H19ClN2O2/c20-16-6-2-4-8-18(16)21-11-9-15(10-12-21)22-17-7-3-1-5-14(17)13-24-19(22)23/h1-8,15H,9-13H2. The summed E-state index contributed by atoms with van der Waals surface area (Å²) < 4.78 is 5.35. The molecule has 1 saturated heterocycles. The predicted octanol–water partition coefficient (Wildman–Crippen LogP) is 4.47. The number of cyclic esters (lactones) is 1. The van der Waals surface area contributed by atoms with Crippen LogP contribution >= 0.6 is 11.6 Å². The molecule has 0 bridgehead atoms. The molecule has 0 aliphatic carbocycles. The number of carbonyl (C=O) groups is 1. The van der Waals surface area contributed by atoms with Crippen molar-refractivity contribution in [2.75, 3.05) is 22.9 Å². The summed E-state index contributed by atoms with van der Waals surface area (Å²) in [7, 11) is 0. The van der Waals surface area contributed by atoms with Crippen molar-refractivity contribution in [3.63, 3.8) is 0 Å². The highest BCUT2D eigenvalue weighted by Gasteiger charge is 2.34. The Hall–Kier alpha value is -2.20. The lowest BCUT2D eigenvalue weighted by Crippen LogP contribution is -2.49. The second-order valence-electron chi connectivity index (χ2n) is 6.22. The molecule has 0 radical (unpaired) electrons. The van der Waals surface area contributed by atoms with Crippen molar-refractivity contribution in [3.8, 4) is 0 Å². The molecule has 2 heterocycles. The van der Waals surface area contributed by atoms with Crippen molar-refractivity contribution in [2.45, 2.75) is 25.5 Å². The zero-order valence-electron chi connectivity index (χ0n) is 13.3. The number of piperidine rings is 1. The summed E-state index contributed by atoms with van der Waals surface area (Å²) in [5.41, 5.74) is 3.13. The molecule has 0 saturated carbocycles. The number of ether oxygens (including phenoxy) is 1. The SMILES string of the molecule is O=C1OCc2ccccc2N1C1CCN(c2ccccc2Cl)CC1. The average molecular weight is 343 g/mol. The molecular formula is C19H19ClN2O2. The maximum Gasteiger partial charge on any atom is 0.414 e. The lowest BCUT2D eigenvalue weighted by molar-refractivity contribution is 0.137. The number of amides is 1. The fourth-order valence-corrected chi connectivity index (χ4v) is 3.85. The normalized spacial score (nSPS) is 18.3. The molecule has 5 heteroatoms. The molecule has 2 aromatic carbocycles. The van der Waals surface area contributed by atoms with Crippen molar-refractivity contribution >= 4 is 29.1 Å². The monoisotopic (exact) mass is 342 g/mol. The van der Waals surface area contributed by atoms with Crippen LogP contribution in [0.25, 0.3) is 0 Å². The van der Waals surface area contributed by atoms with Crippen LogP contribution in [-0.4, -0.2) is 25.2 Å². The first-order valence-electron chi connectivity index (χ1n) is 8.27. The van der Waals surface area contributed by atoms with Crippen molar-refractivity contribution in [3.05, 3.63) is 59.1 Å². The molecular weight excluding hydrogens is 324 g/mol. The summed E-state index contributed by atoms with van der Waals surface area (Å²) in [5.74, 6) is 0. The van der Waals surface area contributed by atoms with Crippen LogP contribution in [0.4, 0.5) is 16.2 Å². The van der Waals surface area contributed by atoms with E-state index in [1.807, 2.05) is 53.4 Å². The van der Waals surface area contributed by atoms with Crippen LogP contribution in [0.1, 0.15) is 18.4 Å². The molecule has 124 valence electrons. The van der Waals surface area contributed by atoms with Gasteiger partial charge in [0.25, 0.3) is 0 Å². The topological polar surface area (TPSA) is 32.8 Å². The largest absolute Gasteiger partial charge is 0.444 e. The van der Waals surface area contributed by atoms with Crippen LogP contribution in [0.15, 0.2) is 48.5 Å². The maximum absolute atomic E-state index is 12.3. The van der Waals surface area contributed by atoms with Gasteiger partial charge in [0.2, 0.25) is 0 Å². The predicted molar refractivity (Wildman–Crippen MR) is 95.8 cm³/mol. The van der Waals surface area contributed by atoms with E-state index >= 15 is 0 Å².